The Labute approximate surface area is 146 Å². The predicted octanol–water partition coefficient (Wildman–Crippen LogP) is 2.66. The van der Waals surface area contributed by atoms with Crippen molar-refractivity contribution in [2.24, 2.45) is 11.8 Å². The van der Waals surface area contributed by atoms with E-state index < -0.39 is 0 Å². The second-order valence-corrected chi connectivity index (χ2v) is 6.79. The van der Waals surface area contributed by atoms with Crippen LogP contribution >= 0.6 is 0 Å². The Kier molecular flexibility index (Phi) is 4.26. The van der Waals surface area contributed by atoms with Gasteiger partial charge in [-0.25, -0.2) is 4.98 Å². The van der Waals surface area contributed by atoms with E-state index in [2.05, 4.69) is 10.3 Å². The lowest BCUT2D eigenvalue weighted by Crippen LogP contribution is -2.44. The van der Waals surface area contributed by atoms with Crippen molar-refractivity contribution >= 4 is 17.6 Å². The first kappa shape index (κ1) is 15.9. The molecule has 1 saturated heterocycles. The van der Waals surface area contributed by atoms with Crippen LogP contribution in [0.3, 0.4) is 0 Å². The van der Waals surface area contributed by atoms with Crippen molar-refractivity contribution in [1.82, 2.24) is 9.88 Å². The standard InChI is InChI=1S/C19H21N3O3/c23-18(21-17-7-1-2-8-20-17)13-5-3-9-22(12-13)19(24)15-11-14(15)16-6-4-10-25-16/h1-2,4,6-8,10,13-15H,3,5,9,11-12H2,(H,20,21,23). The van der Waals surface area contributed by atoms with E-state index in [1.54, 1.807) is 18.5 Å². The van der Waals surface area contributed by atoms with Crippen molar-refractivity contribution in [3.8, 4) is 0 Å². The van der Waals surface area contributed by atoms with Crippen molar-refractivity contribution in [2.45, 2.75) is 25.2 Å². The average molecular weight is 339 g/mol. The van der Waals surface area contributed by atoms with Crippen LogP contribution in [0.4, 0.5) is 5.82 Å². The van der Waals surface area contributed by atoms with Crippen LogP contribution in [0.5, 0.6) is 0 Å². The fraction of sp³-hybridized carbons (Fsp3) is 0.421. The number of aromatic nitrogens is 1. The van der Waals surface area contributed by atoms with E-state index in [0.29, 0.717) is 12.4 Å². The summed E-state index contributed by atoms with van der Waals surface area (Å²) in [6, 6.07) is 9.19. The molecule has 2 amide bonds. The van der Waals surface area contributed by atoms with Gasteiger partial charge >= 0.3 is 0 Å². The highest BCUT2D eigenvalue weighted by Gasteiger charge is 2.48. The number of piperidine rings is 1. The Hall–Kier alpha value is -2.63. The molecule has 1 N–H and O–H groups in total. The van der Waals surface area contributed by atoms with Crippen molar-refractivity contribution in [1.29, 1.82) is 0 Å². The SMILES string of the molecule is O=C(Nc1ccccn1)C1CCCN(C(=O)C2CC2c2ccco2)C1. The van der Waals surface area contributed by atoms with E-state index in [4.69, 9.17) is 4.42 Å². The minimum Gasteiger partial charge on any atom is -0.469 e. The Morgan fingerprint density at radius 3 is 2.92 bits per heavy atom. The molecule has 6 nitrogen and oxygen atoms in total. The number of pyridine rings is 1. The van der Waals surface area contributed by atoms with Crippen LogP contribution in [0.2, 0.25) is 0 Å². The second kappa shape index (κ2) is 6.70. The largest absolute Gasteiger partial charge is 0.469 e. The van der Waals surface area contributed by atoms with Gasteiger partial charge < -0.3 is 14.6 Å². The van der Waals surface area contributed by atoms with Gasteiger partial charge in [0.25, 0.3) is 0 Å². The number of nitrogens with zero attached hydrogens (tertiary/aromatic N) is 2. The quantitative estimate of drug-likeness (QED) is 0.929. The summed E-state index contributed by atoms with van der Waals surface area (Å²) < 4.78 is 5.41. The van der Waals surface area contributed by atoms with E-state index in [0.717, 1.165) is 31.6 Å². The van der Waals surface area contributed by atoms with Crippen LogP contribution in [-0.2, 0) is 9.59 Å². The lowest BCUT2D eigenvalue weighted by molar-refractivity contribution is -0.136. The number of carbonyl (C=O) groups is 2. The van der Waals surface area contributed by atoms with Crippen LogP contribution < -0.4 is 5.32 Å². The van der Waals surface area contributed by atoms with Gasteiger partial charge in [-0.15, -0.1) is 0 Å². The highest BCUT2D eigenvalue weighted by molar-refractivity contribution is 5.92. The maximum absolute atomic E-state index is 12.7. The topological polar surface area (TPSA) is 75.4 Å². The summed E-state index contributed by atoms with van der Waals surface area (Å²) in [4.78, 5) is 31.2. The van der Waals surface area contributed by atoms with E-state index >= 15 is 0 Å². The van der Waals surface area contributed by atoms with E-state index in [1.807, 2.05) is 29.2 Å². The van der Waals surface area contributed by atoms with Crippen LogP contribution in [0.1, 0.15) is 30.9 Å². The number of carbonyl (C=O) groups excluding carboxylic acids is 2. The molecule has 2 aromatic heterocycles. The van der Waals surface area contributed by atoms with Crippen LogP contribution in [0, 0.1) is 11.8 Å². The highest BCUT2D eigenvalue weighted by Crippen LogP contribution is 2.48. The molecule has 0 spiro atoms. The highest BCUT2D eigenvalue weighted by atomic mass is 16.3. The Morgan fingerprint density at radius 2 is 2.16 bits per heavy atom. The number of rotatable bonds is 4. The molecule has 1 aliphatic heterocycles. The molecular formula is C19H21N3O3. The lowest BCUT2D eigenvalue weighted by Gasteiger charge is -2.32. The smallest absolute Gasteiger partial charge is 0.230 e. The summed E-state index contributed by atoms with van der Waals surface area (Å²) in [6.45, 7) is 1.21. The fourth-order valence-electron chi connectivity index (χ4n) is 3.58. The van der Waals surface area contributed by atoms with Crippen molar-refractivity contribution < 1.29 is 14.0 Å². The molecule has 130 valence electrons. The molecule has 1 aliphatic carbocycles. The van der Waals surface area contributed by atoms with Crippen molar-refractivity contribution in [3.63, 3.8) is 0 Å². The van der Waals surface area contributed by atoms with Crippen LogP contribution in [-0.4, -0.2) is 34.8 Å². The third kappa shape index (κ3) is 3.43. The van der Waals surface area contributed by atoms with Crippen LogP contribution in [0.25, 0.3) is 0 Å². The summed E-state index contributed by atoms with van der Waals surface area (Å²) in [5, 5.41) is 2.84. The van der Waals surface area contributed by atoms with Gasteiger partial charge in [0.2, 0.25) is 11.8 Å². The third-order valence-electron chi connectivity index (χ3n) is 5.04. The molecule has 3 heterocycles. The van der Waals surface area contributed by atoms with Gasteiger partial charge in [-0.3, -0.25) is 9.59 Å². The molecule has 3 atom stereocenters. The molecule has 0 aromatic carbocycles. The molecular weight excluding hydrogens is 318 g/mol. The average Bonchev–Trinajstić information content (AvgIpc) is 3.26. The summed E-state index contributed by atoms with van der Waals surface area (Å²) >= 11 is 0. The van der Waals surface area contributed by atoms with Gasteiger partial charge in [-0.2, -0.15) is 0 Å². The summed E-state index contributed by atoms with van der Waals surface area (Å²) in [5.41, 5.74) is 0. The first-order valence-electron chi connectivity index (χ1n) is 8.76. The lowest BCUT2D eigenvalue weighted by atomic mass is 9.96. The number of hydrogen-bond donors (Lipinski definition) is 1. The molecule has 2 aliphatic rings. The maximum atomic E-state index is 12.7. The monoisotopic (exact) mass is 339 g/mol. The number of anilines is 1. The molecule has 0 radical (unpaired) electrons. The Bertz CT molecular complexity index is 745. The number of nitrogens with one attached hydrogen (secondary N) is 1. The van der Waals surface area contributed by atoms with Crippen molar-refractivity contribution in [3.05, 3.63) is 48.6 Å². The third-order valence-corrected chi connectivity index (χ3v) is 5.04. The molecule has 1 saturated carbocycles. The fourth-order valence-corrected chi connectivity index (χ4v) is 3.58. The zero-order valence-electron chi connectivity index (χ0n) is 13.9. The minimum absolute atomic E-state index is 0.00347. The minimum atomic E-state index is -0.180. The van der Waals surface area contributed by atoms with E-state index in [9.17, 15) is 9.59 Å². The number of furan rings is 1. The number of likely N-dealkylation sites (tertiary alicyclic amines) is 1. The van der Waals surface area contributed by atoms with Gasteiger partial charge in [0.15, 0.2) is 0 Å². The molecule has 3 unspecified atom stereocenters. The molecule has 0 bridgehead atoms. The Balaban J connectivity index is 1.35. The van der Waals surface area contributed by atoms with Gasteiger partial charge in [-0.1, -0.05) is 6.07 Å². The zero-order chi connectivity index (χ0) is 17.2. The molecule has 25 heavy (non-hydrogen) atoms. The van der Waals surface area contributed by atoms with E-state index in [-0.39, 0.29) is 29.6 Å². The van der Waals surface area contributed by atoms with Gasteiger partial charge in [0, 0.05) is 31.1 Å². The van der Waals surface area contributed by atoms with Gasteiger partial charge in [0.1, 0.15) is 11.6 Å². The first-order chi connectivity index (χ1) is 12.2. The van der Waals surface area contributed by atoms with Gasteiger partial charge in [0.05, 0.1) is 12.2 Å². The number of amides is 2. The molecule has 2 fully saturated rings. The van der Waals surface area contributed by atoms with Crippen molar-refractivity contribution in [2.75, 3.05) is 18.4 Å². The summed E-state index contributed by atoms with van der Waals surface area (Å²) in [5.74, 6) is 1.55. The summed E-state index contributed by atoms with van der Waals surface area (Å²) in [7, 11) is 0. The molecule has 6 heteroatoms. The number of hydrogen-bond acceptors (Lipinski definition) is 4. The first-order valence-corrected chi connectivity index (χ1v) is 8.76. The second-order valence-electron chi connectivity index (χ2n) is 6.79. The predicted molar refractivity (Wildman–Crippen MR) is 91.7 cm³/mol. The van der Waals surface area contributed by atoms with Crippen LogP contribution in [0.15, 0.2) is 47.2 Å². The van der Waals surface area contributed by atoms with Gasteiger partial charge in [-0.05, 0) is 43.5 Å². The van der Waals surface area contributed by atoms with E-state index in [1.165, 1.54) is 0 Å². The molecule has 4 rings (SSSR count). The maximum Gasteiger partial charge on any atom is 0.230 e. The normalized spacial score (nSPS) is 25.4. The zero-order valence-corrected chi connectivity index (χ0v) is 13.9. The summed E-state index contributed by atoms with van der Waals surface area (Å²) in [6.07, 6.45) is 5.79. The molecule has 2 aromatic rings. The Morgan fingerprint density at radius 1 is 1.24 bits per heavy atom.